The Bertz CT molecular complexity index is 523. The van der Waals surface area contributed by atoms with Gasteiger partial charge in [-0.05, 0) is 6.92 Å². The van der Waals surface area contributed by atoms with Crippen molar-refractivity contribution in [3.63, 3.8) is 0 Å². The van der Waals surface area contributed by atoms with Crippen molar-refractivity contribution < 1.29 is 27.9 Å². The molecular formula is C9H7ClF3N3O3. The van der Waals surface area contributed by atoms with Crippen LogP contribution in [0, 0.1) is 0 Å². The van der Waals surface area contributed by atoms with E-state index >= 15 is 0 Å². The first kappa shape index (κ1) is 15.2. The molecule has 1 amide bonds. The summed E-state index contributed by atoms with van der Waals surface area (Å²) in [7, 11) is 0. The Morgan fingerprint density at radius 3 is 2.37 bits per heavy atom. The van der Waals surface area contributed by atoms with Gasteiger partial charge in [0.2, 0.25) is 5.54 Å². The second-order valence-corrected chi connectivity index (χ2v) is 4.00. The minimum atomic E-state index is -5.18. The van der Waals surface area contributed by atoms with E-state index in [9.17, 15) is 22.8 Å². The van der Waals surface area contributed by atoms with E-state index in [1.165, 1.54) is 5.32 Å². The average molecular weight is 298 g/mol. The van der Waals surface area contributed by atoms with Gasteiger partial charge in [-0.2, -0.15) is 13.2 Å². The van der Waals surface area contributed by atoms with Crippen LogP contribution in [0.4, 0.5) is 13.2 Å². The summed E-state index contributed by atoms with van der Waals surface area (Å²) < 4.78 is 38.0. The summed E-state index contributed by atoms with van der Waals surface area (Å²) in [5, 5.41) is 9.76. The molecule has 0 aliphatic heterocycles. The number of aromatic nitrogens is 2. The van der Waals surface area contributed by atoms with Crippen LogP contribution in [0.1, 0.15) is 17.4 Å². The fraction of sp³-hybridized carbons (Fsp3) is 0.333. The molecule has 1 heterocycles. The van der Waals surface area contributed by atoms with Crippen molar-refractivity contribution in [1.29, 1.82) is 0 Å². The summed E-state index contributed by atoms with van der Waals surface area (Å²) in [5.74, 6) is -3.60. The number of carbonyl (C=O) groups is 2. The van der Waals surface area contributed by atoms with Gasteiger partial charge in [0.05, 0.1) is 12.4 Å². The Morgan fingerprint density at radius 1 is 1.37 bits per heavy atom. The lowest BCUT2D eigenvalue weighted by molar-refractivity contribution is -0.203. The number of hydrogen-bond acceptors (Lipinski definition) is 4. The summed E-state index contributed by atoms with van der Waals surface area (Å²) in [5.41, 5.74) is -3.96. The van der Waals surface area contributed by atoms with Crippen molar-refractivity contribution in [2.75, 3.05) is 0 Å². The molecule has 0 saturated carbocycles. The molecule has 10 heteroatoms. The normalized spacial score (nSPS) is 14.6. The van der Waals surface area contributed by atoms with E-state index in [4.69, 9.17) is 16.7 Å². The fourth-order valence-electron chi connectivity index (χ4n) is 0.988. The summed E-state index contributed by atoms with van der Waals surface area (Å²) in [6.45, 7) is 0.325. The molecule has 0 fully saturated rings. The Balaban J connectivity index is 3.06. The molecule has 1 rings (SSSR count). The Hall–Kier alpha value is -1.90. The predicted molar refractivity (Wildman–Crippen MR) is 56.6 cm³/mol. The molecule has 2 N–H and O–H groups in total. The SMILES string of the molecule is CC(NC(=O)c1cncc(Cl)n1)(C(=O)O)C(F)(F)F. The highest BCUT2D eigenvalue weighted by Crippen LogP contribution is 2.30. The average Bonchev–Trinajstić information content (AvgIpc) is 2.27. The maximum absolute atomic E-state index is 12.7. The molecular weight excluding hydrogens is 291 g/mol. The molecule has 0 aliphatic rings. The van der Waals surface area contributed by atoms with Crippen LogP contribution in [0.3, 0.4) is 0 Å². The largest absolute Gasteiger partial charge is 0.479 e. The minimum absolute atomic E-state index is 0.211. The van der Waals surface area contributed by atoms with Crippen molar-refractivity contribution in [3.8, 4) is 0 Å². The first-order valence-electron chi connectivity index (χ1n) is 4.68. The molecule has 0 aromatic carbocycles. The number of nitrogens with zero attached hydrogens (tertiary/aromatic N) is 2. The number of carboxylic acids is 1. The molecule has 104 valence electrons. The Morgan fingerprint density at radius 2 is 1.95 bits per heavy atom. The van der Waals surface area contributed by atoms with Gasteiger partial charge in [-0.1, -0.05) is 11.6 Å². The highest BCUT2D eigenvalue weighted by molar-refractivity contribution is 6.29. The molecule has 1 atom stereocenters. The van der Waals surface area contributed by atoms with Crippen LogP contribution in [0.25, 0.3) is 0 Å². The van der Waals surface area contributed by atoms with E-state index in [1.807, 2.05) is 0 Å². The van der Waals surface area contributed by atoms with E-state index in [0.29, 0.717) is 6.92 Å². The fourth-order valence-corrected chi connectivity index (χ4v) is 1.14. The number of aliphatic carboxylic acids is 1. The molecule has 1 aromatic heterocycles. The second kappa shape index (κ2) is 5.00. The summed E-state index contributed by atoms with van der Waals surface area (Å²) in [4.78, 5) is 29.1. The monoisotopic (exact) mass is 297 g/mol. The van der Waals surface area contributed by atoms with E-state index in [1.54, 1.807) is 0 Å². The zero-order valence-electron chi connectivity index (χ0n) is 9.32. The Kier molecular flexibility index (Phi) is 3.99. The number of amides is 1. The molecule has 1 aromatic rings. The summed E-state index contributed by atoms with van der Waals surface area (Å²) >= 11 is 5.42. The standard InChI is InChI=1S/C9H7ClF3N3O3/c1-8(7(18)19,9(11,12)13)16-6(17)4-2-14-3-5(10)15-4/h2-3H,1H3,(H,16,17)(H,18,19). The van der Waals surface area contributed by atoms with Crippen LogP contribution in [0.2, 0.25) is 5.15 Å². The van der Waals surface area contributed by atoms with Crippen LogP contribution >= 0.6 is 11.6 Å². The van der Waals surface area contributed by atoms with Crippen molar-refractivity contribution in [3.05, 3.63) is 23.2 Å². The smallest absolute Gasteiger partial charge is 0.422 e. The van der Waals surface area contributed by atoms with Crippen molar-refractivity contribution in [2.45, 2.75) is 18.6 Å². The van der Waals surface area contributed by atoms with E-state index in [-0.39, 0.29) is 5.15 Å². The zero-order valence-corrected chi connectivity index (χ0v) is 10.1. The third-order valence-electron chi connectivity index (χ3n) is 2.20. The van der Waals surface area contributed by atoms with Crippen LogP contribution in [-0.2, 0) is 4.79 Å². The number of hydrogen-bond donors (Lipinski definition) is 2. The number of rotatable bonds is 3. The van der Waals surface area contributed by atoms with Crippen molar-refractivity contribution in [1.82, 2.24) is 15.3 Å². The molecule has 0 spiro atoms. The van der Waals surface area contributed by atoms with Gasteiger partial charge in [0, 0.05) is 0 Å². The van der Waals surface area contributed by atoms with E-state index in [2.05, 4.69) is 9.97 Å². The molecule has 0 saturated heterocycles. The van der Waals surface area contributed by atoms with Crippen LogP contribution in [-0.4, -0.2) is 38.7 Å². The van der Waals surface area contributed by atoms with Crippen molar-refractivity contribution >= 4 is 23.5 Å². The molecule has 1 unspecified atom stereocenters. The molecule has 6 nitrogen and oxygen atoms in total. The van der Waals surface area contributed by atoms with Gasteiger partial charge in [0.25, 0.3) is 5.91 Å². The highest BCUT2D eigenvalue weighted by Gasteiger charge is 2.58. The van der Waals surface area contributed by atoms with Gasteiger partial charge in [-0.25, -0.2) is 9.78 Å². The topological polar surface area (TPSA) is 92.2 Å². The van der Waals surface area contributed by atoms with Gasteiger partial charge in [-0.3, -0.25) is 9.78 Å². The van der Waals surface area contributed by atoms with Crippen molar-refractivity contribution in [2.24, 2.45) is 0 Å². The molecule has 19 heavy (non-hydrogen) atoms. The predicted octanol–water partition coefficient (Wildman–Crippen LogP) is 1.27. The second-order valence-electron chi connectivity index (χ2n) is 3.61. The molecule has 0 bridgehead atoms. The summed E-state index contributed by atoms with van der Waals surface area (Å²) in [6, 6.07) is 0. The quantitative estimate of drug-likeness (QED) is 0.876. The third kappa shape index (κ3) is 3.11. The lowest BCUT2D eigenvalue weighted by Crippen LogP contribution is -2.62. The van der Waals surface area contributed by atoms with Gasteiger partial charge in [-0.15, -0.1) is 0 Å². The zero-order chi connectivity index (χ0) is 14.8. The van der Waals surface area contributed by atoms with E-state index < -0.39 is 29.3 Å². The van der Waals surface area contributed by atoms with Gasteiger partial charge in [0.1, 0.15) is 10.8 Å². The Labute approximate surface area is 109 Å². The van der Waals surface area contributed by atoms with Gasteiger partial charge >= 0.3 is 12.1 Å². The maximum Gasteiger partial charge on any atom is 0.422 e. The lowest BCUT2D eigenvalue weighted by atomic mass is 10.0. The van der Waals surface area contributed by atoms with E-state index in [0.717, 1.165) is 12.4 Å². The number of nitrogens with one attached hydrogen (secondary N) is 1. The first-order chi connectivity index (χ1) is 8.58. The minimum Gasteiger partial charge on any atom is -0.479 e. The van der Waals surface area contributed by atoms with Gasteiger partial charge in [0.15, 0.2) is 0 Å². The molecule has 0 radical (unpaired) electrons. The maximum atomic E-state index is 12.7. The highest BCUT2D eigenvalue weighted by atomic mass is 35.5. The van der Waals surface area contributed by atoms with Gasteiger partial charge < -0.3 is 10.4 Å². The summed E-state index contributed by atoms with van der Waals surface area (Å²) in [6.07, 6.45) is -3.25. The molecule has 0 aliphatic carbocycles. The number of carbonyl (C=O) groups excluding carboxylic acids is 1. The first-order valence-corrected chi connectivity index (χ1v) is 5.06. The lowest BCUT2D eigenvalue weighted by Gasteiger charge is -2.28. The third-order valence-corrected chi connectivity index (χ3v) is 2.38. The number of carboxylic acid groups (broad SMARTS) is 1. The van der Waals surface area contributed by atoms with Crippen LogP contribution in [0.5, 0.6) is 0 Å². The number of alkyl halides is 3. The number of halogens is 4. The van der Waals surface area contributed by atoms with Crippen LogP contribution in [0.15, 0.2) is 12.4 Å². The van der Waals surface area contributed by atoms with Crippen LogP contribution < -0.4 is 5.32 Å².